The molecule has 1 amide bonds. The Bertz CT molecular complexity index is 794. The maximum absolute atomic E-state index is 12.2. The van der Waals surface area contributed by atoms with E-state index in [4.69, 9.17) is 4.18 Å². The lowest BCUT2D eigenvalue weighted by Crippen LogP contribution is -2.46. The summed E-state index contributed by atoms with van der Waals surface area (Å²) in [7, 11) is -1.21. The van der Waals surface area contributed by atoms with Gasteiger partial charge >= 0.3 is 0 Å². The Morgan fingerprint density at radius 2 is 1.62 bits per heavy atom. The van der Waals surface area contributed by atoms with Crippen molar-refractivity contribution in [2.75, 3.05) is 17.4 Å². The zero-order chi connectivity index (χ0) is 19.1. The Hall–Kier alpha value is -1.21. The Labute approximate surface area is 171 Å². The SMILES string of the molecule is CC(C)(C)S(C)(C)Oc1ccc([C@@H]2CC(=O)N2c2ccc(I)cc2)cc1. The molecule has 1 fully saturated rings. The van der Waals surface area contributed by atoms with Crippen molar-refractivity contribution in [2.24, 2.45) is 0 Å². The first kappa shape index (κ1) is 19.5. The van der Waals surface area contributed by atoms with Crippen LogP contribution in [0.1, 0.15) is 38.8 Å². The van der Waals surface area contributed by atoms with Crippen molar-refractivity contribution < 1.29 is 8.98 Å². The molecule has 0 saturated carbocycles. The molecular formula is C21H26INO2S. The lowest BCUT2D eigenvalue weighted by atomic mass is 9.93. The Kier molecular flexibility index (Phi) is 5.32. The summed E-state index contributed by atoms with van der Waals surface area (Å²) in [6, 6.07) is 16.4. The topological polar surface area (TPSA) is 29.5 Å². The number of benzene rings is 2. The van der Waals surface area contributed by atoms with Crippen molar-refractivity contribution in [3.63, 3.8) is 0 Å². The first-order valence-corrected chi connectivity index (χ1v) is 12.1. The van der Waals surface area contributed by atoms with E-state index in [1.807, 2.05) is 41.3 Å². The largest absolute Gasteiger partial charge is 0.449 e. The highest BCUT2D eigenvalue weighted by atomic mass is 127. The highest BCUT2D eigenvalue weighted by Gasteiger charge is 2.38. The molecule has 5 heteroatoms. The first-order chi connectivity index (χ1) is 12.1. The normalized spacial score (nSPS) is 18.5. The average Bonchev–Trinajstić information content (AvgIpc) is 2.54. The molecule has 3 rings (SSSR count). The summed E-state index contributed by atoms with van der Waals surface area (Å²) < 4.78 is 7.59. The third-order valence-electron chi connectivity index (χ3n) is 5.10. The van der Waals surface area contributed by atoms with E-state index in [2.05, 4.69) is 68.0 Å². The molecule has 0 radical (unpaired) electrons. The summed E-state index contributed by atoms with van der Waals surface area (Å²) in [4.78, 5) is 14.1. The average molecular weight is 483 g/mol. The first-order valence-electron chi connectivity index (χ1n) is 8.68. The fourth-order valence-corrected chi connectivity index (χ4v) is 3.92. The van der Waals surface area contributed by atoms with Crippen LogP contribution >= 0.6 is 32.9 Å². The van der Waals surface area contributed by atoms with Gasteiger partial charge in [0.05, 0.1) is 12.5 Å². The zero-order valence-corrected chi connectivity index (χ0v) is 18.9. The molecule has 3 nitrogen and oxygen atoms in total. The lowest BCUT2D eigenvalue weighted by molar-refractivity contribution is -0.124. The van der Waals surface area contributed by atoms with Crippen LogP contribution in [-0.2, 0) is 4.79 Å². The number of nitrogens with zero attached hydrogens (tertiary/aromatic N) is 1. The van der Waals surface area contributed by atoms with Crippen molar-refractivity contribution in [1.29, 1.82) is 0 Å². The smallest absolute Gasteiger partial charge is 0.230 e. The van der Waals surface area contributed by atoms with E-state index in [1.165, 1.54) is 3.57 Å². The molecule has 140 valence electrons. The summed E-state index contributed by atoms with van der Waals surface area (Å²) in [5.41, 5.74) is 2.12. The molecule has 0 spiro atoms. The molecule has 0 N–H and O–H groups in total. The van der Waals surface area contributed by atoms with Gasteiger partial charge in [-0.25, -0.2) is 0 Å². The monoisotopic (exact) mass is 483 g/mol. The quantitative estimate of drug-likeness (QED) is 0.399. The van der Waals surface area contributed by atoms with Gasteiger partial charge < -0.3 is 9.08 Å². The molecule has 2 aromatic rings. The molecule has 0 aromatic heterocycles. The second-order valence-corrected chi connectivity index (χ2v) is 13.1. The van der Waals surface area contributed by atoms with Crippen LogP contribution in [0.15, 0.2) is 48.5 Å². The number of rotatable bonds is 4. The number of amides is 1. The molecule has 0 aliphatic carbocycles. The van der Waals surface area contributed by atoms with E-state index in [1.54, 1.807) is 0 Å². The van der Waals surface area contributed by atoms with Gasteiger partial charge in [0.2, 0.25) is 5.91 Å². The second kappa shape index (κ2) is 7.08. The van der Waals surface area contributed by atoms with E-state index in [0.717, 1.165) is 17.0 Å². The van der Waals surface area contributed by atoms with Gasteiger partial charge in [-0.1, -0.05) is 22.4 Å². The van der Waals surface area contributed by atoms with Crippen LogP contribution in [0.2, 0.25) is 0 Å². The van der Waals surface area contributed by atoms with Crippen LogP contribution in [0.5, 0.6) is 5.75 Å². The van der Waals surface area contributed by atoms with Gasteiger partial charge in [-0.15, -0.1) is 0 Å². The van der Waals surface area contributed by atoms with Crippen LogP contribution < -0.4 is 9.08 Å². The minimum Gasteiger partial charge on any atom is -0.449 e. The molecule has 0 bridgehead atoms. The van der Waals surface area contributed by atoms with Crippen molar-refractivity contribution >= 4 is 44.5 Å². The van der Waals surface area contributed by atoms with Gasteiger partial charge in [-0.3, -0.25) is 4.79 Å². The zero-order valence-electron chi connectivity index (χ0n) is 16.0. The third-order valence-corrected chi connectivity index (χ3v) is 9.38. The predicted octanol–water partition coefficient (Wildman–Crippen LogP) is 5.93. The van der Waals surface area contributed by atoms with E-state index < -0.39 is 10.3 Å². The molecule has 2 aromatic carbocycles. The molecule has 1 saturated heterocycles. The van der Waals surface area contributed by atoms with Crippen LogP contribution in [-0.4, -0.2) is 23.2 Å². The summed E-state index contributed by atoms with van der Waals surface area (Å²) >= 11 is 2.28. The fourth-order valence-electron chi connectivity index (χ4n) is 2.72. The van der Waals surface area contributed by atoms with E-state index >= 15 is 0 Å². The highest BCUT2D eigenvalue weighted by Crippen LogP contribution is 2.53. The lowest BCUT2D eigenvalue weighted by Gasteiger charge is -2.44. The minimum atomic E-state index is -1.21. The Morgan fingerprint density at radius 3 is 2.12 bits per heavy atom. The molecule has 1 heterocycles. The number of hydrogen-bond acceptors (Lipinski definition) is 2. The molecule has 1 aliphatic rings. The third kappa shape index (κ3) is 3.88. The maximum atomic E-state index is 12.2. The summed E-state index contributed by atoms with van der Waals surface area (Å²) in [5.74, 6) is 1.07. The number of halogens is 1. The van der Waals surface area contributed by atoms with Crippen LogP contribution in [0.25, 0.3) is 0 Å². The Morgan fingerprint density at radius 1 is 1.04 bits per heavy atom. The van der Waals surface area contributed by atoms with Crippen molar-refractivity contribution in [3.8, 4) is 5.75 Å². The number of β-lactam (4-membered cyclic amide) rings is 1. The van der Waals surface area contributed by atoms with Crippen LogP contribution in [0, 0.1) is 3.57 Å². The van der Waals surface area contributed by atoms with Gasteiger partial charge in [0.25, 0.3) is 0 Å². The maximum Gasteiger partial charge on any atom is 0.230 e. The van der Waals surface area contributed by atoms with Crippen molar-refractivity contribution in [3.05, 3.63) is 57.7 Å². The Balaban J connectivity index is 1.76. The van der Waals surface area contributed by atoms with Crippen LogP contribution in [0.3, 0.4) is 0 Å². The standard InChI is InChI=1S/C21H26INO2S/c1-21(2,3)26(4,5)25-18-12-6-15(7-13-18)19-14-20(24)23(19)17-10-8-16(22)9-11-17/h6-13,19H,14H2,1-5H3/t19-/m0/s1. The van der Waals surface area contributed by atoms with Gasteiger partial charge in [0.1, 0.15) is 5.75 Å². The number of carbonyl (C=O) groups excluding carboxylic acids is 1. The second-order valence-electron chi connectivity index (χ2n) is 7.96. The highest BCUT2D eigenvalue weighted by molar-refractivity contribution is 14.1. The summed E-state index contributed by atoms with van der Waals surface area (Å²) in [5, 5.41) is 0. The molecule has 1 atom stereocenters. The number of anilines is 1. The van der Waals surface area contributed by atoms with Crippen molar-refractivity contribution in [1.82, 2.24) is 0 Å². The van der Waals surface area contributed by atoms with Gasteiger partial charge in [0.15, 0.2) is 0 Å². The summed E-state index contributed by atoms with van der Waals surface area (Å²) in [6.07, 6.45) is 4.96. The van der Waals surface area contributed by atoms with Gasteiger partial charge in [0, 0.05) is 14.0 Å². The molecule has 1 aliphatic heterocycles. The minimum absolute atomic E-state index is 0.111. The van der Waals surface area contributed by atoms with E-state index in [0.29, 0.717) is 6.42 Å². The van der Waals surface area contributed by atoms with Gasteiger partial charge in [-0.05, 0) is 97.8 Å². The van der Waals surface area contributed by atoms with Crippen LogP contribution in [0.4, 0.5) is 5.69 Å². The number of hydrogen-bond donors (Lipinski definition) is 0. The van der Waals surface area contributed by atoms with Crippen molar-refractivity contribution in [2.45, 2.75) is 38.0 Å². The van der Waals surface area contributed by atoms with Gasteiger partial charge in [-0.2, -0.15) is 0 Å². The summed E-state index contributed by atoms with van der Waals surface area (Å²) in [6.45, 7) is 6.65. The predicted molar refractivity (Wildman–Crippen MR) is 120 cm³/mol. The molecule has 26 heavy (non-hydrogen) atoms. The fraction of sp³-hybridized carbons (Fsp3) is 0.381. The van der Waals surface area contributed by atoms with E-state index in [9.17, 15) is 4.79 Å². The molecule has 0 unspecified atom stereocenters. The number of carbonyl (C=O) groups is 1. The van der Waals surface area contributed by atoms with E-state index in [-0.39, 0.29) is 16.7 Å². The molecular weight excluding hydrogens is 457 g/mol.